The molecule has 2 aromatic carbocycles. The SMILES string of the molecule is Cc1cccc(NC(N)=NCCOc2ccc(NS(C)(=O)=O)cc2)c1.I. The van der Waals surface area contributed by atoms with Crippen LogP contribution in [-0.4, -0.2) is 33.8 Å². The zero-order valence-corrected chi connectivity index (χ0v) is 17.7. The summed E-state index contributed by atoms with van der Waals surface area (Å²) in [5.74, 6) is 0.946. The summed E-state index contributed by atoms with van der Waals surface area (Å²) in [6.45, 7) is 2.76. The van der Waals surface area contributed by atoms with Gasteiger partial charge in [-0.25, -0.2) is 13.4 Å². The third kappa shape index (κ3) is 8.39. The second kappa shape index (κ2) is 10.2. The molecule has 9 heteroatoms. The van der Waals surface area contributed by atoms with Crippen LogP contribution >= 0.6 is 24.0 Å². The van der Waals surface area contributed by atoms with Gasteiger partial charge in [0.25, 0.3) is 0 Å². The Morgan fingerprint density at radius 2 is 1.85 bits per heavy atom. The fraction of sp³-hybridized carbons (Fsp3) is 0.235. The van der Waals surface area contributed by atoms with Crippen LogP contribution in [0, 0.1) is 6.92 Å². The van der Waals surface area contributed by atoms with Crippen molar-refractivity contribution in [3.05, 3.63) is 54.1 Å². The van der Waals surface area contributed by atoms with Gasteiger partial charge >= 0.3 is 0 Å². The van der Waals surface area contributed by atoms with Crippen LogP contribution in [-0.2, 0) is 10.0 Å². The lowest BCUT2D eigenvalue weighted by Crippen LogP contribution is -2.23. The first-order valence-electron chi connectivity index (χ1n) is 7.66. The van der Waals surface area contributed by atoms with Crippen molar-refractivity contribution in [3.63, 3.8) is 0 Å². The van der Waals surface area contributed by atoms with E-state index in [9.17, 15) is 8.42 Å². The van der Waals surface area contributed by atoms with E-state index in [4.69, 9.17) is 10.5 Å². The molecule has 0 saturated carbocycles. The van der Waals surface area contributed by atoms with Crippen LogP contribution in [0.25, 0.3) is 0 Å². The van der Waals surface area contributed by atoms with Crippen LogP contribution in [0.3, 0.4) is 0 Å². The largest absolute Gasteiger partial charge is 0.492 e. The Hall–Kier alpha value is -2.01. The smallest absolute Gasteiger partial charge is 0.229 e. The molecule has 2 rings (SSSR count). The van der Waals surface area contributed by atoms with E-state index in [1.54, 1.807) is 24.3 Å². The fourth-order valence-corrected chi connectivity index (χ4v) is 2.64. The Morgan fingerprint density at radius 3 is 2.46 bits per heavy atom. The molecule has 4 N–H and O–H groups in total. The number of anilines is 2. The Bertz CT molecular complexity index is 839. The van der Waals surface area contributed by atoms with Gasteiger partial charge in [-0.05, 0) is 48.9 Å². The second-order valence-corrected chi connectivity index (χ2v) is 7.26. The zero-order valence-electron chi connectivity index (χ0n) is 14.6. The molecular formula is C17H23IN4O3S. The number of aliphatic imine (C=N–C) groups is 1. The van der Waals surface area contributed by atoms with E-state index >= 15 is 0 Å². The fourth-order valence-electron chi connectivity index (χ4n) is 2.07. The molecule has 0 atom stereocenters. The predicted octanol–water partition coefficient (Wildman–Crippen LogP) is 2.79. The third-order valence-electron chi connectivity index (χ3n) is 3.09. The highest BCUT2D eigenvalue weighted by Gasteiger charge is 2.02. The first-order valence-corrected chi connectivity index (χ1v) is 9.55. The minimum atomic E-state index is -3.28. The van der Waals surface area contributed by atoms with Crippen molar-refractivity contribution in [3.8, 4) is 5.75 Å². The number of guanidine groups is 1. The molecule has 0 heterocycles. The summed E-state index contributed by atoms with van der Waals surface area (Å²) in [5.41, 5.74) is 8.34. The van der Waals surface area contributed by atoms with Gasteiger partial charge < -0.3 is 15.8 Å². The molecular weight excluding hydrogens is 467 g/mol. The molecule has 0 radical (unpaired) electrons. The summed E-state index contributed by atoms with van der Waals surface area (Å²) >= 11 is 0. The first kappa shape index (κ1) is 22.0. The van der Waals surface area contributed by atoms with Crippen LogP contribution in [0.4, 0.5) is 11.4 Å². The first-order chi connectivity index (χ1) is 11.8. The number of hydrogen-bond donors (Lipinski definition) is 3. The van der Waals surface area contributed by atoms with E-state index in [1.807, 2.05) is 31.2 Å². The highest BCUT2D eigenvalue weighted by molar-refractivity contribution is 14.0. The Kier molecular flexibility index (Phi) is 8.66. The second-order valence-electron chi connectivity index (χ2n) is 5.51. The summed E-state index contributed by atoms with van der Waals surface area (Å²) in [7, 11) is -3.28. The maximum Gasteiger partial charge on any atom is 0.229 e. The number of nitrogens with zero attached hydrogens (tertiary/aromatic N) is 1. The van der Waals surface area contributed by atoms with Crippen molar-refractivity contribution in [1.82, 2.24) is 0 Å². The number of hydrogen-bond acceptors (Lipinski definition) is 4. The lowest BCUT2D eigenvalue weighted by Gasteiger charge is -2.08. The molecule has 0 aliphatic heterocycles. The molecule has 0 bridgehead atoms. The van der Waals surface area contributed by atoms with Crippen LogP contribution in [0.5, 0.6) is 5.75 Å². The lowest BCUT2D eigenvalue weighted by molar-refractivity contribution is 0.329. The summed E-state index contributed by atoms with van der Waals surface area (Å²) in [6, 6.07) is 14.5. The maximum absolute atomic E-state index is 11.1. The topological polar surface area (TPSA) is 106 Å². The summed E-state index contributed by atoms with van der Waals surface area (Å²) in [4.78, 5) is 4.20. The molecule has 0 aromatic heterocycles. The number of nitrogens with one attached hydrogen (secondary N) is 2. The quantitative estimate of drug-likeness (QED) is 0.240. The van der Waals surface area contributed by atoms with Gasteiger partial charge in [0, 0.05) is 11.4 Å². The highest BCUT2D eigenvalue weighted by atomic mass is 127. The van der Waals surface area contributed by atoms with Crippen molar-refractivity contribution in [1.29, 1.82) is 0 Å². The molecule has 0 fully saturated rings. The average Bonchev–Trinajstić information content (AvgIpc) is 2.52. The molecule has 0 unspecified atom stereocenters. The minimum Gasteiger partial charge on any atom is -0.492 e. The van der Waals surface area contributed by atoms with E-state index in [-0.39, 0.29) is 24.0 Å². The molecule has 0 aliphatic carbocycles. The van der Waals surface area contributed by atoms with Gasteiger partial charge in [0.15, 0.2) is 5.96 Å². The monoisotopic (exact) mass is 490 g/mol. The molecule has 0 amide bonds. The minimum absolute atomic E-state index is 0. The van der Waals surface area contributed by atoms with Gasteiger partial charge in [0.2, 0.25) is 10.0 Å². The number of nitrogens with two attached hydrogens (primary N) is 1. The molecule has 0 aliphatic rings. The molecule has 0 spiro atoms. The number of sulfonamides is 1. The van der Waals surface area contributed by atoms with E-state index in [0.29, 0.717) is 30.5 Å². The van der Waals surface area contributed by atoms with E-state index < -0.39 is 10.0 Å². The van der Waals surface area contributed by atoms with Gasteiger partial charge in [0.05, 0.1) is 12.8 Å². The molecule has 2 aromatic rings. The van der Waals surface area contributed by atoms with Crippen LogP contribution < -0.4 is 20.5 Å². The molecule has 142 valence electrons. The van der Waals surface area contributed by atoms with E-state index in [2.05, 4.69) is 15.0 Å². The maximum atomic E-state index is 11.1. The zero-order chi connectivity index (χ0) is 18.3. The van der Waals surface area contributed by atoms with Crippen molar-refractivity contribution in [2.45, 2.75) is 6.92 Å². The van der Waals surface area contributed by atoms with Crippen LogP contribution in [0.15, 0.2) is 53.5 Å². The Morgan fingerprint density at radius 1 is 1.15 bits per heavy atom. The standard InChI is InChI=1S/C17H22N4O3S.HI/c1-13-4-3-5-15(12-13)20-17(18)19-10-11-24-16-8-6-14(7-9-16)21-25(2,22)23;/h3-9,12,21H,10-11H2,1-2H3,(H3,18,19,20);1H. The summed E-state index contributed by atoms with van der Waals surface area (Å²) < 4.78 is 30.2. The van der Waals surface area contributed by atoms with Gasteiger partial charge in [-0.1, -0.05) is 12.1 Å². The number of aryl methyl sites for hydroxylation is 1. The highest BCUT2D eigenvalue weighted by Crippen LogP contribution is 2.16. The van der Waals surface area contributed by atoms with Crippen molar-refractivity contribution < 1.29 is 13.2 Å². The Labute approximate surface area is 171 Å². The number of rotatable bonds is 7. The number of halogens is 1. The third-order valence-corrected chi connectivity index (χ3v) is 3.70. The van der Waals surface area contributed by atoms with Crippen LogP contribution in [0.1, 0.15) is 5.56 Å². The average molecular weight is 490 g/mol. The van der Waals surface area contributed by atoms with Crippen LogP contribution in [0.2, 0.25) is 0 Å². The Balaban J connectivity index is 0.00000338. The summed E-state index contributed by atoms with van der Waals surface area (Å²) in [6.07, 6.45) is 1.10. The number of benzene rings is 2. The van der Waals surface area contributed by atoms with E-state index in [0.717, 1.165) is 17.5 Å². The van der Waals surface area contributed by atoms with E-state index in [1.165, 1.54) is 0 Å². The normalized spacial score (nSPS) is 11.4. The summed E-state index contributed by atoms with van der Waals surface area (Å²) in [5, 5.41) is 3.02. The number of ether oxygens (including phenoxy) is 1. The molecule has 7 nitrogen and oxygen atoms in total. The van der Waals surface area contributed by atoms with Gasteiger partial charge in [-0.2, -0.15) is 0 Å². The predicted molar refractivity (Wildman–Crippen MR) is 117 cm³/mol. The molecule has 0 saturated heterocycles. The lowest BCUT2D eigenvalue weighted by atomic mass is 10.2. The van der Waals surface area contributed by atoms with Crippen molar-refractivity contribution >= 4 is 51.3 Å². The van der Waals surface area contributed by atoms with Crippen molar-refractivity contribution in [2.24, 2.45) is 10.7 Å². The van der Waals surface area contributed by atoms with Crippen molar-refractivity contribution in [2.75, 3.05) is 29.4 Å². The van der Waals surface area contributed by atoms with Gasteiger partial charge in [-0.3, -0.25) is 4.72 Å². The van der Waals surface area contributed by atoms with Gasteiger partial charge in [-0.15, -0.1) is 24.0 Å². The molecule has 26 heavy (non-hydrogen) atoms. The van der Waals surface area contributed by atoms with Gasteiger partial charge in [0.1, 0.15) is 12.4 Å².